The quantitative estimate of drug-likeness (QED) is 0.583. The standard InChI is InChI=1S/C11H11N3.C2H2/c1-3-10-9-13-8-4-11(10)14-7-2-6-12-5-1;1-2/h2-6,8-9H,1,7H2;1-2H/b6-2-,10-3-,12-5?,14-11?;. The van der Waals surface area contributed by atoms with Gasteiger partial charge in [0.05, 0.1) is 11.9 Å². The number of rotatable bonds is 0. The van der Waals surface area contributed by atoms with Crippen molar-refractivity contribution in [3.8, 4) is 12.8 Å². The molecule has 0 spiro atoms. The predicted molar refractivity (Wildman–Crippen MR) is 66.5 cm³/mol. The van der Waals surface area contributed by atoms with E-state index in [2.05, 4.69) is 33.9 Å². The minimum absolute atomic E-state index is 0.669. The normalized spacial score (nSPS) is 17.5. The van der Waals surface area contributed by atoms with Crippen molar-refractivity contribution in [3.63, 3.8) is 0 Å². The molecule has 3 nitrogen and oxygen atoms in total. The van der Waals surface area contributed by atoms with Crippen molar-refractivity contribution < 1.29 is 0 Å². The molecule has 0 amide bonds. The summed E-state index contributed by atoms with van der Waals surface area (Å²) in [5.74, 6) is 0. The summed E-state index contributed by atoms with van der Waals surface area (Å²) < 4.78 is 0. The van der Waals surface area contributed by atoms with Gasteiger partial charge < -0.3 is 0 Å². The first-order valence-corrected chi connectivity index (χ1v) is 4.91. The summed E-state index contributed by atoms with van der Waals surface area (Å²) in [5.41, 5.74) is 0. The van der Waals surface area contributed by atoms with Crippen LogP contribution in [0.1, 0.15) is 6.42 Å². The molecule has 80 valence electrons. The van der Waals surface area contributed by atoms with E-state index in [-0.39, 0.29) is 0 Å². The Morgan fingerprint density at radius 3 is 3.00 bits per heavy atom. The number of pyridine rings is 1. The van der Waals surface area contributed by atoms with E-state index in [0.717, 1.165) is 17.0 Å². The Morgan fingerprint density at radius 1 is 1.25 bits per heavy atom. The maximum Gasteiger partial charge on any atom is 0.0678 e. The van der Waals surface area contributed by atoms with Crippen molar-refractivity contribution in [1.29, 1.82) is 0 Å². The molecule has 0 N–H and O–H groups in total. The van der Waals surface area contributed by atoms with Crippen molar-refractivity contribution in [1.82, 2.24) is 4.98 Å². The lowest BCUT2D eigenvalue weighted by atomic mass is 10.3. The van der Waals surface area contributed by atoms with Gasteiger partial charge >= 0.3 is 0 Å². The third-order valence-electron chi connectivity index (χ3n) is 1.93. The van der Waals surface area contributed by atoms with Crippen molar-refractivity contribution >= 4 is 12.3 Å². The molecule has 2 heterocycles. The number of nitrogens with zero attached hydrogens (tertiary/aromatic N) is 3. The molecule has 0 aromatic carbocycles. The highest BCUT2D eigenvalue weighted by atomic mass is 14.7. The third kappa shape index (κ3) is 3.50. The Morgan fingerprint density at radius 2 is 2.12 bits per heavy atom. The number of aromatic nitrogens is 1. The number of hydrogen-bond acceptors (Lipinski definition) is 3. The zero-order valence-corrected chi connectivity index (χ0v) is 8.95. The summed E-state index contributed by atoms with van der Waals surface area (Å²) in [4.78, 5) is 12.6. The lowest BCUT2D eigenvalue weighted by molar-refractivity contribution is 1.10. The molecule has 1 aliphatic rings. The van der Waals surface area contributed by atoms with Gasteiger partial charge in [-0.2, -0.15) is 0 Å². The number of hydrogen-bond donors (Lipinski definition) is 0. The van der Waals surface area contributed by atoms with Gasteiger partial charge in [-0.15, -0.1) is 12.8 Å². The molecular formula is C13H13N3. The lowest BCUT2D eigenvalue weighted by Crippen LogP contribution is -2.25. The average Bonchev–Trinajstić information content (AvgIpc) is 2.38. The van der Waals surface area contributed by atoms with E-state index in [1.807, 2.05) is 24.6 Å². The second-order valence-electron chi connectivity index (χ2n) is 2.93. The summed E-state index contributed by atoms with van der Waals surface area (Å²) in [6, 6.07) is 1.93. The molecular weight excluding hydrogens is 198 g/mol. The van der Waals surface area contributed by atoms with E-state index in [1.165, 1.54) is 0 Å². The molecule has 1 aromatic heterocycles. The third-order valence-corrected chi connectivity index (χ3v) is 1.93. The highest BCUT2D eigenvalue weighted by Gasteiger charge is 1.86. The van der Waals surface area contributed by atoms with Gasteiger partial charge in [0.2, 0.25) is 0 Å². The topological polar surface area (TPSA) is 37.6 Å². The molecule has 1 aromatic rings. The van der Waals surface area contributed by atoms with Crippen LogP contribution in [-0.2, 0) is 0 Å². The molecule has 1 aliphatic heterocycles. The summed E-state index contributed by atoms with van der Waals surface area (Å²) in [6.07, 6.45) is 20.1. The smallest absolute Gasteiger partial charge is 0.0678 e. The van der Waals surface area contributed by atoms with Gasteiger partial charge in [-0.1, -0.05) is 6.08 Å². The van der Waals surface area contributed by atoms with Crippen molar-refractivity contribution in [2.75, 3.05) is 6.54 Å². The first-order chi connectivity index (χ1) is 7.97. The number of aliphatic imine (C=N–C) groups is 1. The second-order valence-corrected chi connectivity index (χ2v) is 2.93. The SMILES string of the molecule is C#C.C1=N/C=C\CN=c2ccnc/c2=C/C1. The number of terminal acetylenes is 1. The highest BCUT2D eigenvalue weighted by Crippen LogP contribution is 1.81. The fourth-order valence-corrected chi connectivity index (χ4v) is 1.26. The second kappa shape index (κ2) is 7.13. The van der Waals surface area contributed by atoms with Crippen molar-refractivity contribution in [3.05, 3.63) is 41.3 Å². The lowest BCUT2D eigenvalue weighted by Gasteiger charge is -1.91. The Kier molecular flexibility index (Phi) is 5.29. The zero-order valence-electron chi connectivity index (χ0n) is 8.95. The fraction of sp³-hybridized carbons (Fsp3) is 0.154. The molecule has 0 atom stereocenters. The van der Waals surface area contributed by atoms with E-state index in [1.54, 1.807) is 12.4 Å². The molecule has 0 aliphatic carbocycles. The molecule has 0 saturated carbocycles. The van der Waals surface area contributed by atoms with Crippen LogP contribution in [0.5, 0.6) is 0 Å². The minimum Gasteiger partial charge on any atom is -0.280 e. The predicted octanol–water partition coefficient (Wildman–Crippen LogP) is 0.719. The van der Waals surface area contributed by atoms with Gasteiger partial charge in [0.25, 0.3) is 0 Å². The monoisotopic (exact) mass is 211 g/mol. The fourth-order valence-electron chi connectivity index (χ4n) is 1.26. The molecule has 0 saturated heterocycles. The first-order valence-electron chi connectivity index (χ1n) is 4.91. The molecule has 0 unspecified atom stereocenters. The highest BCUT2D eigenvalue weighted by molar-refractivity contribution is 5.65. The maximum absolute atomic E-state index is 4.42. The first kappa shape index (κ1) is 11.9. The maximum atomic E-state index is 4.42. The van der Waals surface area contributed by atoms with Gasteiger partial charge in [0.15, 0.2) is 0 Å². The Bertz CT molecular complexity index is 464. The molecule has 16 heavy (non-hydrogen) atoms. The van der Waals surface area contributed by atoms with E-state index in [0.29, 0.717) is 6.54 Å². The Labute approximate surface area is 95.0 Å². The van der Waals surface area contributed by atoms with Gasteiger partial charge in [-0.05, 0) is 12.1 Å². The van der Waals surface area contributed by atoms with Crippen molar-refractivity contribution in [2.24, 2.45) is 9.98 Å². The number of fused-ring (bicyclic) bond motifs is 1. The average molecular weight is 211 g/mol. The van der Waals surface area contributed by atoms with E-state index < -0.39 is 0 Å². The van der Waals surface area contributed by atoms with Crippen LogP contribution in [0, 0.1) is 12.8 Å². The van der Waals surface area contributed by atoms with E-state index in [4.69, 9.17) is 0 Å². The summed E-state index contributed by atoms with van der Waals surface area (Å²) in [6.45, 7) is 0.669. The largest absolute Gasteiger partial charge is 0.280 e. The zero-order chi connectivity index (χ0) is 11.6. The van der Waals surface area contributed by atoms with Crippen LogP contribution in [0.4, 0.5) is 0 Å². The van der Waals surface area contributed by atoms with Gasteiger partial charge in [0.1, 0.15) is 0 Å². The Hall–Kier alpha value is -2.21. The van der Waals surface area contributed by atoms with Crippen LogP contribution in [-0.4, -0.2) is 17.7 Å². The van der Waals surface area contributed by atoms with E-state index in [9.17, 15) is 0 Å². The minimum atomic E-state index is 0.669. The van der Waals surface area contributed by atoms with Crippen LogP contribution >= 0.6 is 0 Å². The van der Waals surface area contributed by atoms with Crippen molar-refractivity contribution in [2.45, 2.75) is 6.42 Å². The van der Waals surface area contributed by atoms with Crippen LogP contribution in [0.25, 0.3) is 6.08 Å². The van der Waals surface area contributed by atoms with Crippen LogP contribution in [0.15, 0.2) is 40.7 Å². The molecule has 0 radical (unpaired) electrons. The summed E-state index contributed by atoms with van der Waals surface area (Å²) >= 11 is 0. The summed E-state index contributed by atoms with van der Waals surface area (Å²) in [5, 5.41) is 2.08. The molecule has 0 fully saturated rings. The van der Waals surface area contributed by atoms with Crippen LogP contribution in [0.3, 0.4) is 0 Å². The molecule has 0 bridgehead atoms. The Balaban J connectivity index is 0.000000606. The van der Waals surface area contributed by atoms with E-state index >= 15 is 0 Å². The van der Waals surface area contributed by atoms with Gasteiger partial charge in [0, 0.05) is 36.4 Å². The van der Waals surface area contributed by atoms with Gasteiger partial charge in [-0.25, -0.2) is 0 Å². The van der Waals surface area contributed by atoms with Crippen LogP contribution in [0.2, 0.25) is 0 Å². The summed E-state index contributed by atoms with van der Waals surface area (Å²) in [7, 11) is 0. The molecule has 3 heteroatoms. The van der Waals surface area contributed by atoms with Crippen LogP contribution < -0.4 is 10.6 Å². The molecule has 2 rings (SSSR count). The van der Waals surface area contributed by atoms with Gasteiger partial charge in [-0.3, -0.25) is 15.0 Å².